The molecule has 1 N–H and O–H groups in total. The Balaban J connectivity index is 1.82. The van der Waals surface area contributed by atoms with Crippen molar-refractivity contribution < 1.29 is 9.53 Å². The van der Waals surface area contributed by atoms with Crippen LogP contribution in [0.2, 0.25) is 5.02 Å². The molecule has 1 saturated heterocycles. The van der Waals surface area contributed by atoms with Crippen molar-refractivity contribution in [1.82, 2.24) is 19.8 Å². The molecule has 0 aliphatic carbocycles. The molecule has 1 aliphatic heterocycles. The first-order valence-corrected chi connectivity index (χ1v) is 16.3. The SMILES string of the molecule is CCc1cccc(CC)c1-n1c(C=C(C)C)c(C(=O)N2CCNCC2COC)cc(-c2nc(-c3ccc(Cl)cc3)cs2)c1=O. The van der Waals surface area contributed by atoms with Crippen LogP contribution in [0.15, 0.2) is 64.3 Å². The van der Waals surface area contributed by atoms with Crippen molar-refractivity contribution in [2.75, 3.05) is 33.4 Å². The summed E-state index contributed by atoms with van der Waals surface area (Å²) in [7, 11) is 1.65. The number of allylic oxidation sites excluding steroid dienone is 1. The van der Waals surface area contributed by atoms with Gasteiger partial charge in [-0.2, -0.15) is 0 Å². The van der Waals surface area contributed by atoms with E-state index in [9.17, 15) is 9.59 Å². The van der Waals surface area contributed by atoms with Crippen LogP contribution < -0.4 is 10.9 Å². The first-order valence-electron chi connectivity index (χ1n) is 15.1. The summed E-state index contributed by atoms with van der Waals surface area (Å²) in [6, 6.07) is 15.3. The Labute approximate surface area is 268 Å². The normalized spacial score (nSPS) is 15.0. The number of piperazine rings is 1. The number of halogens is 1. The third kappa shape index (κ3) is 6.44. The highest BCUT2D eigenvalue weighted by atomic mass is 35.5. The van der Waals surface area contributed by atoms with Crippen LogP contribution in [-0.4, -0.2) is 59.8 Å². The molecule has 2 aromatic carbocycles. The van der Waals surface area contributed by atoms with Crippen LogP contribution >= 0.6 is 22.9 Å². The number of benzene rings is 2. The minimum atomic E-state index is -0.199. The Hall–Kier alpha value is -3.56. The largest absolute Gasteiger partial charge is 0.382 e. The zero-order valence-corrected chi connectivity index (χ0v) is 27.5. The fourth-order valence-corrected chi connectivity index (χ4v) is 6.73. The monoisotopic (exact) mass is 630 g/mol. The zero-order chi connectivity index (χ0) is 31.4. The number of hydrogen-bond acceptors (Lipinski definition) is 6. The number of pyridine rings is 1. The third-order valence-electron chi connectivity index (χ3n) is 7.93. The van der Waals surface area contributed by atoms with Gasteiger partial charge in [0, 0.05) is 42.7 Å². The van der Waals surface area contributed by atoms with Gasteiger partial charge in [-0.3, -0.25) is 14.2 Å². The van der Waals surface area contributed by atoms with Gasteiger partial charge in [0.1, 0.15) is 5.01 Å². The van der Waals surface area contributed by atoms with Crippen molar-refractivity contribution in [3.8, 4) is 27.5 Å². The quantitative estimate of drug-likeness (QED) is 0.218. The number of thiazole rings is 1. The van der Waals surface area contributed by atoms with Crippen LogP contribution in [0.25, 0.3) is 33.6 Å². The molecule has 1 fully saturated rings. The number of nitrogens with zero attached hydrogens (tertiary/aromatic N) is 3. The van der Waals surface area contributed by atoms with Gasteiger partial charge in [-0.05, 0) is 62.1 Å². The average molecular weight is 631 g/mol. The minimum absolute atomic E-state index is 0.127. The van der Waals surface area contributed by atoms with Gasteiger partial charge in [-0.25, -0.2) is 4.98 Å². The maximum absolute atomic E-state index is 14.7. The van der Waals surface area contributed by atoms with E-state index in [0.717, 1.165) is 46.5 Å². The number of carbonyl (C=O) groups is 1. The number of ether oxygens (including phenoxy) is 1. The Morgan fingerprint density at radius 2 is 1.84 bits per heavy atom. The van der Waals surface area contributed by atoms with Crippen LogP contribution in [0.1, 0.15) is 54.9 Å². The summed E-state index contributed by atoms with van der Waals surface area (Å²) in [5, 5.41) is 6.53. The molecule has 0 spiro atoms. The Morgan fingerprint density at radius 1 is 1.14 bits per heavy atom. The van der Waals surface area contributed by atoms with Gasteiger partial charge in [0.05, 0.1) is 40.9 Å². The van der Waals surface area contributed by atoms with Gasteiger partial charge in [-0.15, -0.1) is 11.3 Å². The second-order valence-corrected chi connectivity index (χ2v) is 12.5. The third-order valence-corrected chi connectivity index (χ3v) is 9.06. The van der Waals surface area contributed by atoms with Gasteiger partial charge >= 0.3 is 0 Å². The maximum atomic E-state index is 14.7. The molecular weight excluding hydrogens is 592 g/mol. The van der Waals surface area contributed by atoms with E-state index >= 15 is 0 Å². The molecule has 7 nitrogen and oxygen atoms in total. The standard InChI is InChI=1S/C35H39ClN4O3S/c1-6-23-9-8-10-24(7-2)32(23)40-31(17-22(3)4)28(34(41)39-16-15-37-19-27(39)20-43-5)18-29(35(40)42)33-38-30(21-44-33)25-11-13-26(36)14-12-25/h8-14,17-18,21,27,37H,6-7,15-16,19-20H2,1-5H3. The lowest BCUT2D eigenvalue weighted by molar-refractivity contribution is 0.0466. The second-order valence-electron chi connectivity index (χ2n) is 11.2. The second kappa shape index (κ2) is 14.0. The fourth-order valence-electron chi connectivity index (χ4n) is 5.77. The van der Waals surface area contributed by atoms with Crippen LogP contribution in [-0.2, 0) is 17.6 Å². The fraction of sp³-hybridized carbons (Fsp3) is 0.343. The number of para-hydroxylation sites is 1. The number of rotatable bonds is 9. The molecule has 4 aromatic rings. The summed E-state index contributed by atoms with van der Waals surface area (Å²) < 4.78 is 7.26. The lowest BCUT2D eigenvalue weighted by atomic mass is 9.99. The minimum Gasteiger partial charge on any atom is -0.382 e. The summed E-state index contributed by atoms with van der Waals surface area (Å²) >= 11 is 7.52. The highest BCUT2D eigenvalue weighted by molar-refractivity contribution is 7.13. The molecule has 3 heterocycles. The van der Waals surface area contributed by atoms with Crippen molar-refractivity contribution in [3.63, 3.8) is 0 Å². The van der Waals surface area contributed by atoms with Crippen molar-refractivity contribution in [3.05, 3.63) is 97.2 Å². The number of amides is 1. The van der Waals surface area contributed by atoms with E-state index < -0.39 is 0 Å². The van der Waals surface area contributed by atoms with Gasteiger partial charge < -0.3 is 15.0 Å². The molecule has 1 aliphatic rings. The number of aryl methyl sites for hydroxylation is 2. The molecular formula is C35H39ClN4O3S. The van der Waals surface area contributed by atoms with Gasteiger partial charge in [-0.1, -0.05) is 61.4 Å². The summed E-state index contributed by atoms with van der Waals surface area (Å²) in [6.07, 6.45) is 3.44. The number of nitrogens with one attached hydrogen (secondary N) is 1. The smallest absolute Gasteiger partial charge is 0.265 e. The van der Waals surface area contributed by atoms with Crippen LogP contribution in [0.4, 0.5) is 0 Å². The number of carbonyl (C=O) groups excluding carboxylic acids is 1. The van der Waals surface area contributed by atoms with Crippen LogP contribution in [0, 0.1) is 0 Å². The van der Waals surface area contributed by atoms with E-state index in [2.05, 4.69) is 31.3 Å². The Kier molecular flexibility index (Phi) is 10.2. The molecule has 5 rings (SSSR count). The van der Waals surface area contributed by atoms with E-state index in [-0.39, 0.29) is 17.5 Å². The highest BCUT2D eigenvalue weighted by Gasteiger charge is 2.31. The summed E-state index contributed by atoms with van der Waals surface area (Å²) in [4.78, 5) is 36.1. The Morgan fingerprint density at radius 3 is 2.48 bits per heavy atom. The first-order chi connectivity index (χ1) is 21.3. The summed E-state index contributed by atoms with van der Waals surface area (Å²) in [6.45, 7) is 10.4. The van der Waals surface area contributed by atoms with Gasteiger partial charge in [0.25, 0.3) is 11.5 Å². The first kappa shape index (κ1) is 31.9. The van der Waals surface area contributed by atoms with Crippen LogP contribution in [0.5, 0.6) is 0 Å². The van der Waals surface area contributed by atoms with E-state index in [1.165, 1.54) is 11.3 Å². The van der Waals surface area contributed by atoms with E-state index in [1.54, 1.807) is 17.7 Å². The van der Waals surface area contributed by atoms with Crippen molar-refractivity contribution in [2.24, 2.45) is 0 Å². The maximum Gasteiger partial charge on any atom is 0.265 e. The van der Waals surface area contributed by atoms with Crippen molar-refractivity contribution in [1.29, 1.82) is 0 Å². The lowest BCUT2D eigenvalue weighted by Gasteiger charge is -2.36. The molecule has 230 valence electrons. The molecule has 0 bridgehead atoms. The lowest BCUT2D eigenvalue weighted by Crippen LogP contribution is -2.55. The van der Waals surface area contributed by atoms with E-state index in [1.807, 2.05) is 60.5 Å². The average Bonchev–Trinajstić information content (AvgIpc) is 3.51. The number of methoxy groups -OCH3 is 1. The molecule has 1 amide bonds. The van der Waals surface area contributed by atoms with Crippen molar-refractivity contribution >= 4 is 34.9 Å². The molecule has 0 saturated carbocycles. The number of aromatic nitrogens is 2. The molecule has 1 unspecified atom stereocenters. The zero-order valence-electron chi connectivity index (χ0n) is 25.9. The molecule has 9 heteroatoms. The summed E-state index contributed by atoms with van der Waals surface area (Å²) in [5.41, 5.74) is 6.84. The highest BCUT2D eigenvalue weighted by Crippen LogP contribution is 2.32. The van der Waals surface area contributed by atoms with Crippen LogP contribution in [0.3, 0.4) is 0 Å². The van der Waals surface area contributed by atoms with Crippen molar-refractivity contribution in [2.45, 2.75) is 46.6 Å². The van der Waals surface area contributed by atoms with Gasteiger partial charge in [0.2, 0.25) is 0 Å². The molecule has 0 radical (unpaired) electrons. The Bertz CT molecular complexity index is 1710. The van der Waals surface area contributed by atoms with Gasteiger partial charge in [0.15, 0.2) is 0 Å². The topological polar surface area (TPSA) is 76.5 Å². The predicted octanol–water partition coefficient (Wildman–Crippen LogP) is 6.89. The number of hydrogen-bond donors (Lipinski definition) is 1. The summed E-state index contributed by atoms with van der Waals surface area (Å²) in [5.74, 6) is -0.127. The molecule has 44 heavy (non-hydrogen) atoms. The van der Waals surface area contributed by atoms with E-state index in [4.69, 9.17) is 21.3 Å². The molecule has 1 atom stereocenters. The van der Waals surface area contributed by atoms with E-state index in [0.29, 0.717) is 53.1 Å². The molecule has 2 aromatic heterocycles. The predicted molar refractivity (Wildman–Crippen MR) is 181 cm³/mol.